The first kappa shape index (κ1) is 86.5. The summed E-state index contributed by atoms with van der Waals surface area (Å²) in [5.41, 5.74) is 19.6. The van der Waals surface area contributed by atoms with E-state index >= 15 is 0 Å². The number of hydrogen-bond acceptors (Lipinski definition) is 13. The maximum absolute atomic E-state index is 10.8. The van der Waals surface area contributed by atoms with Crippen molar-refractivity contribution in [3.63, 3.8) is 0 Å². The van der Waals surface area contributed by atoms with E-state index in [1.807, 2.05) is 74.9 Å². The number of benzene rings is 6. The molecule has 3 radical (unpaired) electrons. The fourth-order valence-corrected chi connectivity index (χ4v) is 25.0. The fourth-order valence-electron chi connectivity index (χ4n) is 12.9. The molecule has 3 N–H and O–H groups in total. The van der Waals surface area contributed by atoms with Crippen molar-refractivity contribution in [3.8, 4) is 50.0 Å². The van der Waals surface area contributed by atoms with E-state index in [2.05, 4.69) is 207 Å². The van der Waals surface area contributed by atoms with Crippen LogP contribution in [0.4, 0.5) is 0 Å². The van der Waals surface area contributed by atoms with Gasteiger partial charge in [-0.3, -0.25) is 0 Å². The van der Waals surface area contributed by atoms with Crippen LogP contribution in [0.3, 0.4) is 0 Å². The summed E-state index contributed by atoms with van der Waals surface area (Å²) in [6.45, 7) is 16.7. The van der Waals surface area contributed by atoms with Crippen LogP contribution in [0.2, 0.25) is 0 Å². The predicted octanol–water partition coefficient (Wildman–Crippen LogP) is 11.9. The molecule has 0 saturated carbocycles. The molecule has 0 amide bonds. The number of carboxylic acid groups (broad SMARTS) is 3. The second-order valence-electron chi connectivity index (χ2n) is 25.4. The van der Waals surface area contributed by atoms with Gasteiger partial charge < -0.3 is 20.1 Å². The van der Waals surface area contributed by atoms with Crippen molar-refractivity contribution in [1.29, 1.82) is 0 Å². The molecule has 0 aliphatic carbocycles. The van der Waals surface area contributed by atoms with E-state index in [1.165, 1.54) is 98.7 Å². The Labute approximate surface area is 716 Å². The van der Waals surface area contributed by atoms with E-state index in [4.69, 9.17) is 20.1 Å². The summed E-state index contributed by atoms with van der Waals surface area (Å²) in [4.78, 5) is 65.6. The zero-order valence-corrected chi connectivity index (χ0v) is 76.4. The third kappa shape index (κ3) is 19.8. The molecular formula is C88H73Ir3N8O7SSe4-3. The van der Waals surface area contributed by atoms with E-state index in [9.17, 15) is 14.4 Å². The molecule has 8 aromatic heterocycles. The fraction of sp³-hybridized carbons (Fsp3) is 0.148. The predicted molar refractivity (Wildman–Crippen MR) is 434 cm³/mol. The van der Waals surface area contributed by atoms with Crippen LogP contribution < -0.4 is 40.4 Å². The number of nitrogens with zero attached hydrogens (tertiary/aromatic N) is 8. The normalized spacial score (nSPS) is 12.3. The standard InChI is InChI=1S/C22H16N3Se.C22H20NSe.C17H10NSe2.C11H9NO3S.C10H13NO2.C6H5NO2.3Ir/c1-22(2)15-7-3-4-8-19(15)26-20-9-5-6-14(21(20)22)16-12-17-18(13-25-16)24-11-10-23-17;1-3-22(4-2)17-11-5-6-13-19(17)24-20-14-9-10-16(21(20)22)18-12-7-8-15-23-18;1-2-9-15-14(8-1)19-16-10-5-6-12(17(16)20-15)13-7-3-4-11-18-13;1-15-10-4-8(6-16-10)7-2-3-9(11(13)14)12-5-7;1-5-6(2)8(4)11-9(7(5)3)10(12)13;8-6(9)5-3-1-2-4-7-5;;;/h3-5,7-13H,1-2H3;5-9,11-15H,3-4H2,1-2H3;1-5,7-11H;2-6H,1H3,(H,13,14);1-4H3,(H,12,13);1-4H,(H,8,9);;;/q3*-1;;;;;;. The van der Waals surface area contributed by atoms with Crippen molar-refractivity contribution >= 4 is 136 Å². The Morgan fingerprint density at radius 2 is 0.964 bits per heavy atom. The van der Waals surface area contributed by atoms with Crippen molar-refractivity contribution in [2.75, 3.05) is 7.11 Å². The Balaban J connectivity index is 0.000000157. The molecule has 111 heavy (non-hydrogen) atoms. The number of pyridine rings is 6. The summed E-state index contributed by atoms with van der Waals surface area (Å²) in [5.74, 6) is -2.96. The molecule has 14 aromatic rings. The molecule has 0 bridgehead atoms. The Morgan fingerprint density at radius 3 is 1.51 bits per heavy atom. The number of aryl methyl sites for hydroxylation is 1. The summed E-state index contributed by atoms with van der Waals surface area (Å²) in [6, 6.07) is 74.1. The molecule has 0 fully saturated rings. The van der Waals surface area contributed by atoms with Gasteiger partial charge in [0.2, 0.25) is 0 Å². The Kier molecular flexibility index (Phi) is 31.0. The molecule has 0 saturated heterocycles. The first-order valence-corrected chi connectivity index (χ1v) is 42.2. The van der Waals surface area contributed by atoms with Crippen LogP contribution in [-0.4, -0.2) is 140 Å². The van der Waals surface area contributed by atoms with Gasteiger partial charge in [0.25, 0.3) is 0 Å². The molecule has 11 heterocycles. The molecule has 17 rings (SSSR count). The third-order valence-corrected chi connectivity index (χ3v) is 30.6. The quantitative estimate of drug-likeness (QED) is 0.0855. The van der Waals surface area contributed by atoms with Crippen LogP contribution in [-0.2, 0) is 71.1 Å². The molecule has 0 spiro atoms. The van der Waals surface area contributed by atoms with Gasteiger partial charge >= 0.3 is 458 Å². The van der Waals surface area contributed by atoms with Gasteiger partial charge in [0, 0.05) is 89.3 Å². The molecule has 3 aliphatic rings. The number of hydrogen-bond donors (Lipinski definition) is 3. The van der Waals surface area contributed by atoms with E-state index in [1.54, 1.807) is 57.0 Å². The van der Waals surface area contributed by atoms with Crippen LogP contribution in [0.5, 0.6) is 5.06 Å². The molecule has 0 atom stereocenters. The SMILES string of the molecule is CC1(C)c2ccccc2[Se]c2cc[c-]c(-c3cc4nccnc4cn3)c21.CCC1(CC)c2ccccc2[Se]c2cc[c-]c(-c3ccccn3)c21.COc1cc(-c2ccc(C(=O)O)nc2)cs1.Cc1nc(C(=O)O)c(C)c(C)c1C.O=C(O)c1ccccn1.[Ir].[Ir].[Ir].[c-]1ccc2c(c1-c1ccccn1)[Se]c1ccccc1[Se]2. The van der Waals surface area contributed by atoms with Gasteiger partial charge in [-0.05, 0) is 74.2 Å². The second kappa shape index (κ2) is 39.8. The molecule has 23 heteroatoms. The number of carbonyl (C=O) groups is 3. The number of fused-ring (bicyclic) bond motifs is 7. The Bertz CT molecular complexity index is 5600. The minimum absolute atomic E-state index is 0. The molecular weight excluding hydrogens is 2210 g/mol. The minimum atomic E-state index is -1.02. The number of aromatic carboxylic acids is 3. The Hall–Kier alpha value is -8.50. The zero-order chi connectivity index (χ0) is 76.1. The van der Waals surface area contributed by atoms with Gasteiger partial charge in [-0.2, -0.15) is 0 Å². The van der Waals surface area contributed by atoms with Crippen LogP contribution in [0.1, 0.15) is 117 Å². The van der Waals surface area contributed by atoms with Crippen LogP contribution in [0, 0.1) is 45.9 Å². The van der Waals surface area contributed by atoms with Gasteiger partial charge in [-0.25, -0.2) is 29.3 Å². The monoisotopic (exact) mass is 2280 g/mol. The summed E-state index contributed by atoms with van der Waals surface area (Å²) >= 11 is 2.89. The van der Waals surface area contributed by atoms with Crippen molar-refractivity contribution in [3.05, 3.63) is 317 Å². The molecule has 0 unspecified atom stereocenters. The van der Waals surface area contributed by atoms with Gasteiger partial charge in [0.15, 0.2) is 10.8 Å². The summed E-state index contributed by atoms with van der Waals surface area (Å²) in [7, 11) is 1.61. The van der Waals surface area contributed by atoms with Crippen LogP contribution in [0.25, 0.3) is 55.9 Å². The second-order valence-corrected chi connectivity index (χ2v) is 35.3. The topological polar surface area (TPSA) is 224 Å². The third-order valence-electron chi connectivity index (χ3n) is 18.8. The number of ether oxygens (including phenoxy) is 1. The van der Waals surface area contributed by atoms with Crippen molar-refractivity contribution in [2.24, 2.45) is 0 Å². The van der Waals surface area contributed by atoms with Gasteiger partial charge in [-0.15, -0.1) is 11.3 Å². The zero-order valence-electron chi connectivity index (χ0n) is 61.5. The molecule has 567 valence electrons. The molecule has 15 nitrogen and oxygen atoms in total. The van der Waals surface area contributed by atoms with Gasteiger partial charge in [-0.1, -0.05) is 12.1 Å². The molecule has 6 aromatic carbocycles. The number of rotatable bonds is 10. The van der Waals surface area contributed by atoms with E-state index in [-0.39, 0.29) is 88.2 Å². The van der Waals surface area contributed by atoms with E-state index in [0.717, 1.165) is 85.1 Å². The van der Waals surface area contributed by atoms with Crippen LogP contribution in [0.15, 0.2) is 237 Å². The average molecular weight is 2280 g/mol. The van der Waals surface area contributed by atoms with Crippen LogP contribution >= 0.6 is 11.3 Å². The van der Waals surface area contributed by atoms with Gasteiger partial charge in [0.1, 0.15) is 11.4 Å². The summed E-state index contributed by atoms with van der Waals surface area (Å²) in [5, 5.41) is 28.6. The summed E-state index contributed by atoms with van der Waals surface area (Å²) < 4.78 is 17.0. The van der Waals surface area contributed by atoms with Crippen molar-refractivity contribution in [1.82, 2.24) is 39.9 Å². The van der Waals surface area contributed by atoms with Gasteiger partial charge in [0.05, 0.1) is 7.11 Å². The number of thiophene rings is 1. The first-order valence-electron chi connectivity index (χ1n) is 34.5. The maximum atomic E-state index is 10.8. The van der Waals surface area contributed by atoms with Crippen molar-refractivity contribution in [2.45, 2.75) is 79.1 Å². The average Bonchev–Trinajstić information content (AvgIpc) is 1.74. The molecule has 3 aliphatic heterocycles. The Morgan fingerprint density at radius 1 is 0.450 bits per heavy atom. The number of methoxy groups -OCH3 is 1. The number of aromatic nitrogens is 8. The number of carboxylic acids is 3. The van der Waals surface area contributed by atoms with E-state index < -0.39 is 17.9 Å². The van der Waals surface area contributed by atoms with Crippen molar-refractivity contribution < 1.29 is 94.8 Å². The first-order chi connectivity index (χ1) is 52.3. The summed E-state index contributed by atoms with van der Waals surface area (Å²) in [6.07, 6.45) is 14.2. The van der Waals surface area contributed by atoms with E-state index in [0.29, 0.717) is 59.8 Å².